The van der Waals surface area contributed by atoms with E-state index in [1.54, 1.807) is 18.1 Å². The lowest BCUT2D eigenvalue weighted by Crippen LogP contribution is -2.26. The van der Waals surface area contributed by atoms with Gasteiger partial charge in [0.1, 0.15) is 17.3 Å². The Bertz CT molecular complexity index is 795. The number of hydrogen-bond donors (Lipinski definition) is 0. The second-order valence-electron chi connectivity index (χ2n) is 4.86. The van der Waals surface area contributed by atoms with E-state index in [1.165, 1.54) is 0 Å². The number of ether oxygens (including phenoxy) is 2. The number of furan rings is 1. The summed E-state index contributed by atoms with van der Waals surface area (Å²) >= 11 is 10.5. The summed E-state index contributed by atoms with van der Waals surface area (Å²) in [6.07, 6.45) is 1.76. The maximum absolute atomic E-state index is 5.85. The van der Waals surface area contributed by atoms with Gasteiger partial charge in [-0.15, -0.1) is 0 Å². The van der Waals surface area contributed by atoms with Crippen LogP contribution >= 0.6 is 24.4 Å². The molecule has 1 aliphatic heterocycles. The average molecular weight is 345 g/mol. The average Bonchev–Trinajstić information content (AvgIpc) is 3.13. The van der Waals surface area contributed by atoms with Crippen LogP contribution < -0.4 is 4.74 Å². The Morgan fingerprint density at radius 2 is 2.04 bits per heavy atom. The number of thiocarbonyl (C=S) groups is 2. The molecule has 1 aromatic carbocycles. The molecule has 4 nitrogen and oxygen atoms in total. The fourth-order valence-corrected chi connectivity index (χ4v) is 2.94. The van der Waals surface area contributed by atoms with Gasteiger partial charge in [-0.05, 0) is 43.4 Å². The van der Waals surface area contributed by atoms with Crippen molar-refractivity contribution in [1.29, 1.82) is 0 Å². The molecule has 1 aromatic heterocycles. The summed E-state index contributed by atoms with van der Waals surface area (Å²) in [4.78, 5) is 2.35. The number of methoxy groups -OCH3 is 1. The van der Waals surface area contributed by atoms with Crippen molar-refractivity contribution in [2.24, 2.45) is 0 Å². The van der Waals surface area contributed by atoms with Crippen LogP contribution in [0.4, 0.5) is 0 Å². The highest BCUT2D eigenvalue weighted by Crippen LogP contribution is 2.28. The Balaban J connectivity index is 1.86. The quantitative estimate of drug-likeness (QED) is 0.608. The summed E-state index contributed by atoms with van der Waals surface area (Å²) in [5.74, 6) is 2.72. The van der Waals surface area contributed by atoms with Crippen molar-refractivity contribution in [2.45, 2.75) is 6.92 Å². The van der Waals surface area contributed by atoms with Crippen molar-refractivity contribution in [2.75, 3.05) is 13.7 Å². The van der Waals surface area contributed by atoms with Crippen LogP contribution in [0.3, 0.4) is 0 Å². The molecule has 2 heterocycles. The third kappa shape index (κ3) is 3.13. The van der Waals surface area contributed by atoms with Crippen molar-refractivity contribution < 1.29 is 13.9 Å². The Kier molecular flexibility index (Phi) is 4.45. The van der Waals surface area contributed by atoms with Crippen molar-refractivity contribution >= 4 is 40.7 Å². The van der Waals surface area contributed by atoms with E-state index in [0.29, 0.717) is 28.2 Å². The molecule has 0 aliphatic carbocycles. The van der Waals surface area contributed by atoms with E-state index in [1.807, 2.05) is 43.3 Å². The molecule has 0 bridgehead atoms. The molecule has 2 aromatic rings. The molecule has 0 atom stereocenters. The standard InChI is InChI=1S/C17H15NO3S2/c1-3-18-16(22)15(21-17(18)23)10-13-7-8-14(20-13)11-5-4-6-12(9-11)19-2/h4-10H,3H2,1-2H3/b15-10+. The first-order valence-electron chi connectivity index (χ1n) is 7.12. The monoisotopic (exact) mass is 345 g/mol. The Morgan fingerprint density at radius 3 is 2.74 bits per heavy atom. The summed E-state index contributed by atoms with van der Waals surface area (Å²) in [6, 6.07) is 11.5. The molecule has 3 rings (SSSR count). The van der Waals surface area contributed by atoms with Gasteiger partial charge in [-0.3, -0.25) is 4.90 Å². The number of nitrogens with zero attached hydrogens (tertiary/aromatic N) is 1. The van der Waals surface area contributed by atoms with Crippen LogP contribution in [-0.4, -0.2) is 28.7 Å². The smallest absolute Gasteiger partial charge is 0.270 e. The van der Waals surface area contributed by atoms with Gasteiger partial charge in [-0.2, -0.15) is 0 Å². The van der Waals surface area contributed by atoms with Gasteiger partial charge in [0.05, 0.1) is 7.11 Å². The highest BCUT2D eigenvalue weighted by molar-refractivity contribution is 7.82. The largest absolute Gasteiger partial charge is 0.497 e. The van der Waals surface area contributed by atoms with Crippen LogP contribution in [0, 0.1) is 0 Å². The van der Waals surface area contributed by atoms with Crippen LogP contribution in [0.1, 0.15) is 12.7 Å². The first-order valence-corrected chi connectivity index (χ1v) is 7.93. The molecular weight excluding hydrogens is 330 g/mol. The molecule has 23 heavy (non-hydrogen) atoms. The molecule has 1 fully saturated rings. The van der Waals surface area contributed by atoms with Gasteiger partial charge in [0.25, 0.3) is 5.17 Å². The first-order chi connectivity index (χ1) is 11.1. The van der Waals surface area contributed by atoms with E-state index in [0.717, 1.165) is 17.1 Å². The van der Waals surface area contributed by atoms with Gasteiger partial charge in [0.15, 0.2) is 10.7 Å². The molecular formula is C17H15NO3S2. The third-order valence-electron chi connectivity index (χ3n) is 3.44. The van der Waals surface area contributed by atoms with E-state index >= 15 is 0 Å². The topological polar surface area (TPSA) is 34.8 Å². The van der Waals surface area contributed by atoms with E-state index in [9.17, 15) is 0 Å². The zero-order valence-corrected chi connectivity index (χ0v) is 14.4. The maximum Gasteiger partial charge on any atom is 0.270 e. The molecule has 1 saturated heterocycles. The molecule has 0 radical (unpaired) electrons. The summed E-state index contributed by atoms with van der Waals surface area (Å²) < 4.78 is 16.6. The first kappa shape index (κ1) is 15.7. The molecule has 6 heteroatoms. The molecule has 118 valence electrons. The molecule has 0 spiro atoms. The number of benzene rings is 1. The van der Waals surface area contributed by atoms with Crippen LogP contribution in [0.25, 0.3) is 17.4 Å². The van der Waals surface area contributed by atoms with Gasteiger partial charge in [0, 0.05) is 18.2 Å². The van der Waals surface area contributed by atoms with Crippen molar-refractivity contribution in [3.8, 4) is 17.1 Å². The fourth-order valence-electron chi connectivity index (χ4n) is 2.26. The fraction of sp³-hybridized carbons (Fsp3) is 0.176. The van der Waals surface area contributed by atoms with Crippen LogP contribution in [0.15, 0.2) is 46.6 Å². The summed E-state index contributed by atoms with van der Waals surface area (Å²) in [5, 5.41) is 0.378. The van der Waals surface area contributed by atoms with Crippen molar-refractivity contribution in [3.05, 3.63) is 47.9 Å². The minimum atomic E-state index is 0.378. The van der Waals surface area contributed by atoms with Gasteiger partial charge < -0.3 is 13.9 Å². The Hall–Kier alpha value is -2.18. The van der Waals surface area contributed by atoms with Gasteiger partial charge in [0.2, 0.25) is 0 Å². The van der Waals surface area contributed by atoms with Crippen molar-refractivity contribution in [1.82, 2.24) is 4.90 Å². The third-order valence-corrected chi connectivity index (χ3v) is 4.17. The predicted octanol–water partition coefficient (Wildman–Crippen LogP) is 4.26. The summed E-state index contributed by atoms with van der Waals surface area (Å²) in [5.41, 5.74) is 0.939. The van der Waals surface area contributed by atoms with E-state index in [4.69, 9.17) is 38.3 Å². The van der Waals surface area contributed by atoms with Crippen LogP contribution in [0.2, 0.25) is 0 Å². The summed E-state index contributed by atoms with van der Waals surface area (Å²) in [7, 11) is 1.64. The minimum Gasteiger partial charge on any atom is -0.497 e. The number of likely N-dealkylation sites (N-methyl/N-ethyl adjacent to an activating group) is 1. The van der Waals surface area contributed by atoms with E-state index < -0.39 is 0 Å². The van der Waals surface area contributed by atoms with E-state index in [-0.39, 0.29) is 0 Å². The van der Waals surface area contributed by atoms with Gasteiger partial charge in [-0.1, -0.05) is 24.4 Å². The number of hydrogen-bond acceptors (Lipinski definition) is 5. The zero-order valence-electron chi connectivity index (χ0n) is 12.7. The minimum absolute atomic E-state index is 0.378. The van der Waals surface area contributed by atoms with Gasteiger partial charge in [-0.25, -0.2) is 0 Å². The lowest BCUT2D eigenvalue weighted by Gasteiger charge is -2.09. The molecule has 0 unspecified atom stereocenters. The molecule has 0 saturated carbocycles. The lowest BCUT2D eigenvalue weighted by atomic mass is 10.2. The second kappa shape index (κ2) is 6.52. The zero-order chi connectivity index (χ0) is 16.4. The molecule has 0 amide bonds. The van der Waals surface area contributed by atoms with Crippen LogP contribution in [-0.2, 0) is 4.74 Å². The molecule has 1 aliphatic rings. The predicted molar refractivity (Wildman–Crippen MR) is 97.3 cm³/mol. The van der Waals surface area contributed by atoms with E-state index in [2.05, 4.69) is 0 Å². The lowest BCUT2D eigenvalue weighted by molar-refractivity contribution is 0.415. The molecule has 0 N–H and O–H groups in total. The number of rotatable bonds is 4. The Labute approximate surface area is 145 Å². The SMILES string of the molecule is CCN1C(=S)O/C(=C/c2ccc(-c3cccc(OC)c3)o2)C1=S. The second-order valence-corrected chi connectivity index (χ2v) is 5.60. The van der Waals surface area contributed by atoms with Crippen molar-refractivity contribution in [3.63, 3.8) is 0 Å². The summed E-state index contributed by atoms with van der Waals surface area (Å²) in [6.45, 7) is 2.65. The maximum atomic E-state index is 5.85. The van der Waals surface area contributed by atoms with Crippen LogP contribution in [0.5, 0.6) is 5.75 Å². The Morgan fingerprint density at radius 1 is 1.22 bits per heavy atom. The highest BCUT2D eigenvalue weighted by Gasteiger charge is 2.28. The van der Waals surface area contributed by atoms with Gasteiger partial charge >= 0.3 is 0 Å². The normalized spacial score (nSPS) is 16.1. The highest BCUT2D eigenvalue weighted by atomic mass is 32.1.